The van der Waals surface area contributed by atoms with Crippen molar-refractivity contribution in [1.29, 1.82) is 0 Å². The number of carbonyl (C=O) groups excluding carboxylic acids is 1. The summed E-state index contributed by atoms with van der Waals surface area (Å²) in [5.41, 5.74) is 2.86. The normalized spacial score (nSPS) is 23.5. The second kappa shape index (κ2) is 6.52. The summed E-state index contributed by atoms with van der Waals surface area (Å²) in [6.45, 7) is 2.28. The van der Waals surface area contributed by atoms with Gasteiger partial charge >= 0.3 is 0 Å². The lowest BCUT2D eigenvalue weighted by Crippen LogP contribution is -2.35. The van der Waals surface area contributed by atoms with E-state index in [1.807, 2.05) is 0 Å². The largest absolute Gasteiger partial charge is 0.348 e. The van der Waals surface area contributed by atoms with Crippen LogP contribution in [0.3, 0.4) is 0 Å². The molecule has 2 unspecified atom stereocenters. The van der Waals surface area contributed by atoms with Crippen LogP contribution in [-0.4, -0.2) is 16.9 Å². The average Bonchev–Trinajstić information content (AvgIpc) is 2.64. The number of hydrogen-bond donors (Lipinski definition) is 3. The fraction of sp³-hybridized carbons (Fsp3) is 0.571. The molecule has 5 nitrogen and oxygen atoms in total. The second-order valence-corrected chi connectivity index (χ2v) is 5.34. The first-order valence-electron chi connectivity index (χ1n) is 6.93. The molecule has 1 heterocycles. The van der Waals surface area contributed by atoms with Crippen molar-refractivity contribution in [2.75, 3.05) is 5.43 Å². The summed E-state index contributed by atoms with van der Waals surface area (Å²) in [7, 11) is 0. The van der Waals surface area contributed by atoms with Gasteiger partial charge < -0.3 is 10.7 Å². The van der Waals surface area contributed by atoms with Crippen LogP contribution >= 0.6 is 0 Å². The van der Waals surface area contributed by atoms with Crippen molar-refractivity contribution in [2.45, 2.75) is 45.1 Å². The van der Waals surface area contributed by atoms with Crippen molar-refractivity contribution >= 4 is 11.7 Å². The van der Waals surface area contributed by atoms with Crippen LogP contribution in [0.25, 0.3) is 0 Å². The Kier molecular flexibility index (Phi) is 4.74. The number of carbonyl (C=O) groups is 1. The molecular formula is C14H22N4O. The van der Waals surface area contributed by atoms with Crippen LogP contribution in [-0.2, 0) is 0 Å². The van der Waals surface area contributed by atoms with Crippen LogP contribution in [0, 0.1) is 5.92 Å². The second-order valence-electron chi connectivity index (χ2n) is 5.34. The molecule has 19 heavy (non-hydrogen) atoms. The zero-order chi connectivity index (χ0) is 13.7. The molecule has 0 aromatic carbocycles. The van der Waals surface area contributed by atoms with Crippen molar-refractivity contribution in [3.8, 4) is 0 Å². The van der Waals surface area contributed by atoms with Gasteiger partial charge in [-0.25, -0.2) is 10.8 Å². The number of rotatable bonds is 3. The molecule has 1 aliphatic rings. The minimum absolute atomic E-state index is 0.114. The molecule has 0 aliphatic heterocycles. The third-order valence-electron chi connectivity index (χ3n) is 3.72. The highest BCUT2D eigenvalue weighted by Crippen LogP contribution is 2.22. The number of nitrogens with one attached hydrogen (secondary N) is 2. The monoisotopic (exact) mass is 262 g/mol. The van der Waals surface area contributed by atoms with Gasteiger partial charge in [-0.2, -0.15) is 0 Å². The smallest absolute Gasteiger partial charge is 0.270 e. The average molecular weight is 262 g/mol. The maximum atomic E-state index is 12.1. The Morgan fingerprint density at radius 3 is 2.95 bits per heavy atom. The standard InChI is InChI=1S/C14H22N4O/c1-10-4-2-5-11(9-8-10)16-14(19)12-6-3-7-13(17-12)18-15/h3,6-7,10-11H,2,4-5,8-9,15H2,1H3,(H,16,19)(H,17,18). The van der Waals surface area contributed by atoms with Gasteiger partial charge in [0.15, 0.2) is 0 Å². The molecule has 0 spiro atoms. The quantitative estimate of drug-likeness (QED) is 0.442. The molecule has 1 aromatic rings. The highest BCUT2D eigenvalue weighted by Gasteiger charge is 2.19. The predicted molar refractivity (Wildman–Crippen MR) is 75.6 cm³/mol. The van der Waals surface area contributed by atoms with Crippen molar-refractivity contribution in [1.82, 2.24) is 10.3 Å². The number of nitrogen functional groups attached to an aromatic ring is 1. The molecule has 2 rings (SSSR count). The van der Waals surface area contributed by atoms with Gasteiger partial charge in [0.25, 0.3) is 5.91 Å². The van der Waals surface area contributed by atoms with Gasteiger partial charge in [0.2, 0.25) is 0 Å². The van der Waals surface area contributed by atoms with Gasteiger partial charge in [-0.1, -0.05) is 25.8 Å². The van der Waals surface area contributed by atoms with Crippen molar-refractivity contribution in [2.24, 2.45) is 11.8 Å². The van der Waals surface area contributed by atoms with Crippen molar-refractivity contribution < 1.29 is 4.79 Å². The Hall–Kier alpha value is -1.62. The third-order valence-corrected chi connectivity index (χ3v) is 3.72. The molecular weight excluding hydrogens is 240 g/mol. The topological polar surface area (TPSA) is 80.0 Å². The molecule has 0 radical (unpaired) electrons. The maximum Gasteiger partial charge on any atom is 0.270 e. The number of anilines is 1. The van der Waals surface area contributed by atoms with E-state index < -0.39 is 0 Å². The first-order chi connectivity index (χ1) is 9.19. The summed E-state index contributed by atoms with van der Waals surface area (Å²) in [6.07, 6.45) is 5.75. The number of pyridine rings is 1. The Morgan fingerprint density at radius 2 is 2.16 bits per heavy atom. The first-order valence-corrected chi connectivity index (χ1v) is 6.93. The molecule has 1 aromatic heterocycles. The summed E-state index contributed by atoms with van der Waals surface area (Å²) in [5, 5.41) is 3.08. The highest BCUT2D eigenvalue weighted by atomic mass is 16.1. The van der Waals surface area contributed by atoms with E-state index in [0.29, 0.717) is 11.5 Å². The number of amides is 1. The lowest BCUT2D eigenvalue weighted by molar-refractivity contribution is 0.0928. The van der Waals surface area contributed by atoms with Crippen molar-refractivity contribution in [3.63, 3.8) is 0 Å². The Balaban J connectivity index is 1.96. The molecule has 1 saturated carbocycles. The van der Waals surface area contributed by atoms with E-state index in [1.165, 1.54) is 19.3 Å². The van der Waals surface area contributed by atoms with E-state index in [2.05, 4.69) is 22.7 Å². The molecule has 1 aliphatic carbocycles. The van der Waals surface area contributed by atoms with Crippen molar-refractivity contribution in [3.05, 3.63) is 23.9 Å². The number of hydrogen-bond acceptors (Lipinski definition) is 4. The van der Waals surface area contributed by atoms with Gasteiger partial charge in [0.1, 0.15) is 11.5 Å². The number of nitrogens with two attached hydrogens (primary N) is 1. The Bertz CT molecular complexity index is 435. The van der Waals surface area contributed by atoms with Gasteiger partial charge in [-0.15, -0.1) is 0 Å². The minimum atomic E-state index is -0.114. The van der Waals surface area contributed by atoms with Gasteiger partial charge in [-0.05, 0) is 37.3 Å². The van der Waals surface area contributed by atoms with E-state index >= 15 is 0 Å². The third kappa shape index (κ3) is 3.92. The minimum Gasteiger partial charge on any atom is -0.348 e. The zero-order valence-corrected chi connectivity index (χ0v) is 11.4. The lowest BCUT2D eigenvalue weighted by atomic mass is 10.0. The fourth-order valence-corrected chi connectivity index (χ4v) is 2.53. The predicted octanol–water partition coefficient (Wildman–Crippen LogP) is 2.07. The summed E-state index contributed by atoms with van der Waals surface area (Å²) in [5.74, 6) is 6.45. The molecule has 1 amide bonds. The number of aromatic nitrogens is 1. The zero-order valence-electron chi connectivity index (χ0n) is 11.4. The molecule has 2 atom stereocenters. The van der Waals surface area contributed by atoms with Crippen LogP contribution in [0.4, 0.5) is 5.82 Å². The van der Waals surface area contributed by atoms with Gasteiger partial charge in [0.05, 0.1) is 0 Å². The van der Waals surface area contributed by atoms with Gasteiger partial charge in [-0.3, -0.25) is 4.79 Å². The molecule has 0 saturated heterocycles. The van der Waals surface area contributed by atoms with Crippen LogP contribution in [0.1, 0.15) is 49.5 Å². The van der Waals surface area contributed by atoms with E-state index in [4.69, 9.17) is 5.84 Å². The fourth-order valence-electron chi connectivity index (χ4n) is 2.53. The Morgan fingerprint density at radius 1 is 1.32 bits per heavy atom. The Labute approximate surface area is 114 Å². The molecule has 1 fully saturated rings. The maximum absolute atomic E-state index is 12.1. The number of hydrazine groups is 1. The van der Waals surface area contributed by atoms with E-state index in [1.54, 1.807) is 18.2 Å². The van der Waals surface area contributed by atoms with Gasteiger partial charge in [0, 0.05) is 6.04 Å². The van der Waals surface area contributed by atoms with Crippen LogP contribution in [0.15, 0.2) is 18.2 Å². The summed E-state index contributed by atoms with van der Waals surface area (Å²) in [4.78, 5) is 16.3. The van der Waals surface area contributed by atoms with E-state index in [-0.39, 0.29) is 11.9 Å². The molecule has 0 bridgehead atoms. The number of nitrogens with zero attached hydrogens (tertiary/aromatic N) is 1. The van der Waals surface area contributed by atoms with Crippen LogP contribution in [0.5, 0.6) is 0 Å². The van der Waals surface area contributed by atoms with E-state index in [9.17, 15) is 4.79 Å². The molecule has 104 valence electrons. The SMILES string of the molecule is CC1CCCC(NC(=O)c2cccc(NN)n2)CC1. The molecule has 5 heteroatoms. The first kappa shape index (κ1) is 13.8. The summed E-state index contributed by atoms with van der Waals surface area (Å²) in [6, 6.07) is 5.47. The summed E-state index contributed by atoms with van der Waals surface area (Å²) >= 11 is 0. The van der Waals surface area contributed by atoms with E-state index in [0.717, 1.165) is 18.8 Å². The highest BCUT2D eigenvalue weighted by molar-refractivity contribution is 5.92. The van der Waals surface area contributed by atoms with Crippen LogP contribution < -0.4 is 16.6 Å². The molecule has 4 N–H and O–H groups in total. The summed E-state index contributed by atoms with van der Waals surface area (Å²) < 4.78 is 0. The lowest BCUT2D eigenvalue weighted by Gasteiger charge is -2.16. The van der Waals surface area contributed by atoms with Crippen LogP contribution in [0.2, 0.25) is 0 Å².